The molecule has 2 heteroatoms. The highest BCUT2D eigenvalue weighted by molar-refractivity contribution is 5.84. The molecule has 0 aromatic carbocycles. The predicted molar refractivity (Wildman–Crippen MR) is 61.5 cm³/mol. The van der Waals surface area contributed by atoms with Gasteiger partial charge in [-0.05, 0) is 38.1 Å². The van der Waals surface area contributed by atoms with Gasteiger partial charge in [-0.1, -0.05) is 25.7 Å². The molecule has 0 aromatic rings. The van der Waals surface area contributed by atoms with Crippen molar-refractivity contribution in [2.45, 2.75) is 51.4 Å². The summed E-state index contributed by atoms with van der Waals surface area (Å²) in [4.78, 5) is 12.3. The van der Waals surface area contributed by atoms with Crippen LogP contribution in [0.5, 0.6) is 0 Å². The SMILES string of the molecule is NC[C@@H]1CCC[C@@H]1C(=O)C1CCCCC1. The molecule has 0 aromatic heterocycles. The monoisotopic (exact) mass is 209 g/mol. The fourth-order valence-electron chi connectivity index (χ4n) is 3.38. The van der Waals surface area contributed by atoms with Gasteiger partial charge in [-0.25, -0.2) is 0 Å². The highest BCUT2D eigenvalue weighted by atomic mass is 16.1. The topological polar surface area (TPSA) is 43.1 Å². The summed E-state index contributed by atoms with van der Waals surface area (Å²) in [5, 5.41) is 0. The summed E-state index contributed by atoms with van der Waals surface area (Å²) in [6.07, 6.45) is 9.64. The Kier molecular flexibility index (Phi) is 3.79. The highest BCUT2D eigenvalue weighted by Gasteiger charge is 2.35. The molecule has 0 bridgehead atoms. The minimum atomic E-state index is 0.318. The van der Waals surface area contributed by atoms with Crippen molar-refractivity contribution in [2.75, 3.05) is 6.54 Å². The van der Waals surface area contributed by atoms with Crippen LogP contribution in [0.2, 0.25) is 0 Å². The van der Waals surface area contributed by atoms with Crippen molar-refractivity contribution < 1.29 is 4.79 Å². The van der Waals surface area contributed by atoms with Gasteiger partial charge in [0.05, 0.1) is 0 Å². The minimum absolute atomic E-state index is 0.318. The average Bonchev–Trinajstić information content (AvgIpc) is 2.77. The van der Waals surface area contributed by atoms with Gasteiger partial charge >= 0.3 is 0 Å². The number of hydrogen-bond acceptors (Lipinski definition) is 2. The molecule has 0 radical (unpaired) electrons. The second-order valence-electron chi connectivity index (χ2n) is 5.27. The van der Waals surface area contributed by atoms with Crippen molar-refractivity contribution in [2.24, 2.45) is 23.5 Å². The van der Waals surface area contributed by atoms with Gasteiger partial charge < -0.3 is 5.73 Å². The van der Waals surface area contributed by atoms with E-state index in [9.17, 15) is 4.79 Å². The lowest BCUT2D eigenvalue weighted by molar-refractivity contribution is -0.128. The van der Waals surface area contributed by atoms with Crippen LogP contribution in [0.3, 0.4) is 0 Å². The molecular formula is C13H23NO. The summed E-state index contributed by atoms with van der Waals surface area (Å²) >= 11 is 0. The molecule has 15 heavy (non-hydrogen) atoms. The number of carbonyl (C=O) groups excluding carboxylic acids is 1. The van der Waals surface area contributed by atoms with Crippen LogP contribution in [0, 0.1) is 17.8 Å². The number of nitrogens with two attached hydrogens (primary N) is 1. The first kappa shape index (κ1) is 11.1. The summed E-state index contributed by atoms with van der Waals surface area (Å²) < 4.78 is 0. The van der Waals surface area contributed by atoms with E-state index in [0.717, 1.165) is 19.3 Å². The number of carbonyl (C=O) groups is 1. The van der Waals surface area contributed by atoms with E-state index in [2.05, 4.69) is 0 Å². The molecule has 0 amide bonds. The van der Waals surface area contributed by atoms with Crippen LogP contribution in [0.1, 0.15) is 51.4 Å². The van der Waals surface area contributed by atoms with Gasteiger partial charge in [-0.3, -0.25) is 4.79 Å². The largest absolute Gasteiger partial charge is 0.330 e. The van der Waals surface area contributed by atoms with E-state index in [-0.39, 0.29) is 0 Å². The van der Waals surface area contributed by atoms with Gasteiger partial charge in [0.2, 0.25) is 0 Å². The molecule has 0 heterocycles. The molecule has 2 nitrogen and oxygen atoms in total. The zero-order chi connectivity index (χ0) is 10.7. The van der Waals surface area contributed by atoms with E-state index >= 15 is 0 Å². The normalized spacial score (nSPS) is 33.1. The summed E-state index contributed by atoms with van der Waals surface area (Å²) in [7, 11) is 0. The Morgan fingerprint density at radius 2 is 1.73 bits per heavy atom. The van der Waals surface area contributed by atoms with Gasteiger partial charge in [0.25, 0.3) is 0 Å². The summed E-state index contributed by atoms with van der Waals surface area (Å²) in [5.74, 6) is 1.76. The van der Waals surface area contributed by atoms with Crippen LogP contribution in [-0.2, 0) is 4.79 Å². The second-order valence-corrected chi connectivity index (χ2v) is 5.27. The molecule has 2 rings (SSSR count). The van der Waals surface area contributed by atoms with Gasteiger partial charge in [0, 0.05) is 11.8 Å². The number of rotatable bonds is 3. The predicted octanol–water partition coefficient (Wildman–Crippen LogP) is 2.51. The Hall–Kier alpha value is -0.370. The lowest BCUT2D eigenvalue weighted by Crippen LogP contribution is -2.31. The first-order chi connectivity index (χ1) is 7.33. The average molecular weight is 209 g/mol. The van der Waals surface area contributed by atoms with Crippen LogP contribution in [0.25, 0.3) is 0 Å². The molecule has 0 aliphatic heterocycles. The van der Waals surface area contributed by atoms with Gasteiger partial charge in [0.15, 0.2) is 0 Å². The van der Waals surface area contributed by atoms with Gasteiger partial charge in [0.1, 0.15) is 5.78 Å². The smallest absolute Gasteiger partial charge is 0.139 e. The molecule has 2 aliphatic carbocycles. The number of Topliss-reactive ketones (excluding diaryl/α,β-unsaturated/α-hetero) is 1. The molecule has 2 fully saturated rings. The maximum Gasteiger partial charge on any atom is 0.139 e. The molecule has 0 unspecified atom stereocenters. The zero-order valence-electron chi connectivity index (χ0n) is 9.58. The van der Waals surface area contributed by atoms with Gasteiger partial charge in [-0.15, -0.1) is 0 Å². The van der Waals surface area contributed by atoms with Crippen LogP contribution < -0.4 is 5.73 Å². The maximum absolute atomic E-state index is 12.3. The molecular weight excluding hydrogens is 186 g/mol. The number of ketones is 1. The quantitative estimate of drug-likeness (QED) is 0.776. The summed E-state index contributed by atoms with van der Waals surface area (Å²) in [5.41, 5.74) is 5.74. The Bertz CT molecular complexity index is 221. The Morgan fingerprint density at radius 1 is 1.00 bits per heavy atom. The van der Waals surface area contributed by atoms with E-state index < -0.39 is 0 Å². The molecule has 2 aliphatic rings. The third-order valence-corrected chi connectivity index (χ3v) is 4.33. The summed E-state index contributed by atoms with van der Waals surface area (Å²) in [6.45, 7) is 0.711. The van der Waals surface area contributed by atoms with Crippen molar-refractivity contribution in [1.29, 1.82) is 0 Å². The molecule has 2 N–H and O–H groups in total. The van der Waals surface area contributed by atoms with Crippen LogP contribution >= 0.6 is 0 Å². The van der Waals surface area contributed by atoms with Crippen molar-refractivity contribution in [3.63, 3.8) is 0 Å². The third-order valence-electron chi connectivity index (χ3n) is 4.33. The second kappa shape index (κ2) is 5.11. The minimum Gasteiger partial charge on any atom is -0.330 e. The van der Waals surface area contributed by atoms with Crippen molar-refractivity contribution >= 4 is 5.78 Å². The zero-order valence-corrected chi connectivity index (χ0v) is 9.58. The van der Waals surface area contributed by atoms with Crippen LogP contribution in [0.4, 0.5) is 0 Å². The van der Waals surface area contributed by atoms with E-state index in [1.54, 1.807) is 0 Å². The first-order valence-electron chi connectivity index (χ1n) is 6.56. The number of hydrogen-bond donors (Lipinski definition) is 1. The first-order valence-corrected chi connectivity index (χ1v) is 6.56. The Balaban J connectivity index is 1.93. The van der Waals surface area contributed by atoms with Crippen molar-refractivity contribution in [3.8, 4) is 0 Å². The molecule has 2 saturated carbocycles. The van der Waals surface area contributed by atoms with Crippen LogP contribution in [0.15, 0.2) is 0 Å². The summed E-state index contributed by atoms with van der Waals surface area (Å²) in [6, 6.07) is 0. The molecule has 0 saturated heterocycles. The fourth-order valence-corrected chi connectivity index (χ4v) is 3.38. The van der Waals surface area contributed by atoms with E-state index in [1.807, 2.05) is 0 Å². The lowest BCUT2D eigenvalue weighted by atomic mass is 9.78. The molecule has 2 atom stereocenters. The fraction of sp³-hybridized carbons (Fsp3) is 0.923. The lowest BCUT2D eigenvalue weighted by Gasteiger charge is -2.25. The Labute approximate surface area is 92.6 Å². The van der Waals surface area contributed by atoms with E-state index in [1.165, 1.54) is 32.1 Å². The van der Waals surface area contributed by atoms with Crippen LogP contribution in [-0.4, -0.2) is 12.3 Å². The third kappa shape index (κ3) is 2.41. The standard InChI is InChI=1S/C13H23NO/c14-9-11-7-4-8-12(11)13(15)10-5-2-1-3-6-10/h10-12H,1-9,14H2/t11-,12-/m0/s1. The molecule has 86 valence electrons. The maximum atomic E-state index is 12.3. The van der Waals surface area contributed by atoms with Crippen molar-refractivity contribution in [3.05, 3.63) is 0 Å². The highest BCUT2D eigenvalue weighted by Crippen LogP contribution is 2.36. The van der Waals surface area contributed by atoms with E-state index in [4.69, 9.17) is 5.73 Å². The molecule has 0 spiro atoms. The Morgan fingerprint density at radius 3 is 2.40 bits per heavy atom. The van der Waals surface area contributed by atoms with Gasteiger partial charge in [-0.2, -0.15) is 0 Å². The van der Waals surface area contributed by atoms with E-state index in [0.29, 0.717) is 30.1 Å². The van der Waals surface area contributed by atoms with Crippen molar-refractivity contribution in [1.82, 2.24) is 0 Å².